The van der Waals surface area contributed by atoms with E-state index in [-0.39, 0.29) is 11.8 Å². The molecule has 1 fully saturated rings. The third-order valence-electron chi connectivity index (χ3n) is 5.24. The molecule has 1 saturated heterocycles. The fourth-order valence-corrected chi connectivity index (χ4v) is 3.68. The second-order valence-electron chi connectivity index (χ2n) is 7.01. The van der Waals surface area contributed by atoms with Crippen molar-refractivity contribution in [3.8, 4) is 0 Å². The van der Waals surface area contributed by atoms with Crippen molar-refractivity contribution in [2.75, 3.05) is 42.5 Å². The number of nitrogens with zero attached hydrogens (tertiary/aromatic N) is 3. The van der Waals surface area contributed by atoms with Crippen LogP contribution in [0.25, 0.3) is 0 Å². The number of carbonyl (C=O) groups excluding carboxylic acids is 2. The Labute approximate surface area is 158 Å². The van der Waals surface area contributed by atoms with Crippen molar-refractivity contribution in [2.45, 2.75) is 53.4 Å². The molecule has 1 aliphatic heterocycles. The summed E-state index contributed by atoms with van der Waals surface area (Å²) < 4.78 is 0. The van der Waals surface area contributed by atoms with Gasteiger partial charge in [-0.05, 0) is 63.8 Å². The quantitative estimate of drug-likeness (QED) is 0.747. The maximum atomic E-state index is 12.4. The molecule has 0 radical (unpaired) electrons. The maximum absolute atomic E-state index is 12.4. The second-order valence-corrected chi connectivity index (χ2v) is 7.01. The van der Waals surface area contributed by atoms with E-state index in [1.807, 2.05) is 17.9 Å². The number of aryl methyl sites for hydroxylation is 1. The smallest absolute Gasteiger partial charge is 0.224 e. The highest BCUT2D eigenvalue weighted by Gasteiger charge is 2.20. The largest absolute Gasteiger partial charge is 0.372 e. The average Bonchev–Trinajstić information content (AvgIpc) is 2.64. The van der Waals surface area contributed by atoms with Gasteiger partial charge in [0.15, 0.2) is 0 Å². The van der Waals surface area contributed by atoms with Gasteiger partial charge in [0.1, 0.15) is 0 Å². The standard InChI is InChI=1S/C21H33N3O2/c1-5-22(6-2)19-10-11-20(17(3)16-19)24(18(4)25)15-12-21(26)23-13-8-7-9-14-23/h10-11,16H,5-9,12-15H2,1-4H3. The van der Waals surface area contributed by atoms with Gasteiger partial charge < -0.3 is 14.7 Å². The third kappa shape index (κ3) is 4.99. The number of piperidine rings is 1. The highest BCUT2D eigenvalue weighted by atomic mass is 16.2. The number of hydrogen-bond donors (Lipinski definition) is 0. The van der Waals surface area contributed by atoms with Crippen molar-refractivity contribution in [3.05, 3.63) is 23.8 Å². The van der Waals surface area contributed by atoms with Crippen molar-refractivity contribution in [1.29, 1.82) is 0 Å². The molecule has 1 aromatic carbocycles. The molecule has 0 unspecified atom stereocenters. The van der Waals surface area contributed by atoms with Crippen molar-refractivity contribution in [2.24, 2.45) is 0 Å². The van der Waals surface area contributed by atoms with Crippen LogP contribution in [0, 0.1) is 6.92 Å². The lowest BCUT2D eigenvalue weighted by molar-refractivity contribution is -0.131. The summed E-state index contributed by atoms with van der Waals surface area (Å²) in [7, 11) is 0. The van der Waals surface area contributed by atoms with Crippen LogP contribution in [0.3, 0.4) is 0 Å². The fraction of sp³-hybridized carbons (Fsp3) is 0.619. The predicted molar refractivity (Wildman–Crippen MR) is 108 cm³/mol. The van der Waals surface area contributed by atoms with E-state index >= 15 is 0 Å². The molecule has 0 bridgehead atoms. The minimum atomic E-state index is -0.0184. The maximum Gasteiger partial charge on any atom is 0.224 e. The van der Waals surface area contributed by atoms with Gasteiger partial charge in [0.25, 0.3) is 0 Å². The highest BCUT2D eigenvalue weighted by molar-refractivity contribution is 5.93. The van der Waals surface area contributed by atoms with Crippen LogP contribution in [0.5, 0.6) is 0 Å². The summed E-state index contributed by atoms with van der Waals surface area (Å²) in [5.74, 6) is 0.142. The molecule has 0 aliphatic carbocycles. The van der Waals surface area contributed by atoms with E-state index < -0.39 is 0 Å². The Bertz CT molecular complexity index is 620. The van der Waals surface area contributed by atoms with E-state index in [4.69, 9.17) is 0 Å². The average molecular weight is 360 g/mol. The molecular formula is C21H33N3O2. The summed E-state index contributed by atoms with van der Waals surface area (Å²) in [5, 5.41) is 0. The molecule has 2 rings (SSSR count). The summed E-state index contributed by atoms with van der Waals surface area (Å²) >= 11 is 0. The molecule has 0 spiro atoms. The second kappa shape index (κ2) is 9.60. The first-order valence-electron chi connectivity index (χ1n) is 9.89. The molecular weight excluding hydrogens is 326 g/mol. The minimum absolute atomic E-state index is 0.0184. The van der Waals surface area contributed by atoms with Crippen LogP contribution in [0.4, 0.5) is 11.4 Å². The van der Waals surface area contributed by atoms with Crippen LogP contribution in [-0.2, 0) is 9.59 Å². The number of carbonyl (C=O) groups is 2. The summed E-state index contributed by atoms with van der Waals surface area (Å²) in [6, 6.07) is 6.21. The first-order valence-corrected chi connectivity index (χ1v) is 9.89. The lowest BCUT2D eigenvalue weighted by Crippen LogP contribution is -2.39. The van der Waals surface area contributed by atoms with Gasteiger partial charge in [-0.25, -0.2) is 0 Å². The number of benzene rings is 1. The van der Waals surface area contributed by atoms with Crippen LogP contribution >= 0.6 is 0 Å². The minimum Gasteiger partial charge on any atom is -0.372 e. The van der Waals surface area contributed by atoms with Crippen LogP contribution in [-0.4, -0.2) is 49.4 Å². The van der Waals surface area contributed by atoms with Gasteiger partial charge in [0.05, 0.1) is 0 Å². The number of anilines is 2. The van der Waals surface area contributed by atoms with Gasteiger partial charge in [-0.2, -0.15) is 0 Å². The Kier molecular flexibility index (Phi) is 7.49. The zero-order chi connectivity index (χ0) is 19.1. The van der Waals surface area contributed by atoms with E-state index in [0.717, 1.165) is 50.3 Å². The number of amides is 2. The molecule has 1 aromatic rings. The van der Waals surface area contributed by atoms with Crippen LogP contribution < -0.4 is 9.80 Å². The topological polar surface area (TPSA) is 43.9 Å². The SMILES string of the molecule is CCN(CC)c1ccc(N(CCC(=O)N2CCCCC2)C(C)=O)c(C)c1. The summed E-state index contributed by atoms with van der Waals surface area (Å²) in [4.78, 5) is 30.6. The number of likely N-dealkylation sites (tertiary alicyclic amines) is 1. The number of rotatable bonds is 7. The van der Waals surface area contributed by atoms with Gasteiger partial charge in [-0.1, -0.05) is 0 Å². The lowest BCUT2D eigenvalue weighted by Gasteiger charge is -2.29. The molecule has 1 heterocycles. The van der Waals surface area contributed by atoms with Gasteiger partial charge in [-0.15, -0.1) is 0 Å². The van der Waals surface area contributed by atoms with Crippen molar-refractivity contribution in [3.63, 3.8) is 0 Å². The van der Waals surface area contributed by atoms with Crippen LogP contribution in [0.2, 0.25) is 0 Å². The summed E-state index contributed by atoms with van der Waals surface area (Å²) in [6.45, 7) is 11.9. The van der Waals surface area contributed by atoms with E-state index in [1.165, 1.54) is 12.1 Å². The van der Waals surface area contributed by atoms with Gasteiger partial charge >= 0.3 is 0 Å². The molecule has 0 saturated carbocycles. The van der Waals surface area contributed by atoms with Crippen LogP contribution in [0.15, 0.2) is 18.2 Å². The summed E-state index contributed by atoms with van der Waals surface area (Å²) in [5.41, 5.74) is 3.14. The molecule has 26 heavy (non-hydrogen) atoms. The van der Waals surface area contributed by atoms with Gasteiger partial charge in [0, 0.05) is 57.4 Å². The van der Waals surface area contributed by atoms with E-state index in [1.54, 1.807) is 11.8 Å². The van der Waals surface area contributed by atoms with E-state index in [9.17, 15) is 9.59 Å². The Balaban J connectivity index is 2.09. The van der Waals surface area contributed by atoms with Crippen LogP contribution in [0.1, 0.15) is 52.0 Å². The molecule has 5 heteroatoms. The van der Waals surface area contributed by atoms with Crippen molar-refractivity contribution in [1.82, 2.24) is 4.90 Å². The molecule has 0 aromatic heterocycles. The third-order valence-corrected chi connectivity index (χ3v) is 5.24. The Morgan fingerprint density at radius 1 is 1.08 bits per heavy atom. The summed E-state index contributed by atoms with van der Waals surface area (Å²) in [6.07, 6.45) is 3.78. The molecule has 0 N–H and O–H groups in total. The van der Waals surface area contributed by atoms with Gasteiger partial charge in [-0.3, -0.25) is 9.59 Å². The molecule has 144 valence electrons. The first-order chi connectivity index (χ1) is 12.5. The molecule has 0 atom stereocenters. The highest BCUT2D eigenvalue weighted by Crippen LogP contribution is 2.26. The Morgan fingerprint density at radius 2 is 1.73 bits per heavy atom. The van der Waals surface area contributed by atoms with Crippen molar-refractivity contribution >= 4 is 23.2 Å². The van der Waals surface area contributed by atoms with Crippen molar-refractivity contribution < 1.29 is 9.59 Å². The molecule has 5 nitrogen and oxygen atoms in total. The molecule has 1 aliphatic rings. The first kappa shape index (κ1) is 20.3. The zero-order valence-corrected chi connectivity index (χ0v) is 16.8. The Hall–Kier alpha value is -2.04. The van der Waals surface area contributed by atoms with E-state index in [0.29, 0.717) is 13.0 Å². The van der Waals surface area contributed by atoms with E-state index in [2.05, 4.69) is 30.9 Å². The van der Waals surface area contributed by atoms with Gasteiger partial charge in [0.2, 0.25) is 11.8 Å². The lowest BCUT2D eigenvalue weighted by atomic mass is 10.1. The normalized spacial score (nSPS) is 14.2. The zero-order valence-electron chi connectivity index (χ0n) is 16.8. The fourth-order valence-electron chi connectivity index (χ4n) is 3.68. The predicted octanol–water partition coefficient (Wildman–Crippen LogP) is 3.60. The Morgan fingerprint density at radius 3 is 2.27 bits per heavy atom. The molecule has 2 amide bonds. The monoisotopic (exact) mass is 359 g/mol. The number of hydrogen-bond acceptors (Lipinski definition) is 3.